The monoisotopic (exact) mass is 291 g/mol. The van der Waals surface area contributed by atoms with E-state index in [1.54, 1.807) is 0 Å². The van der Waals surface area contributed by atoms with Crippen molar-refractivity contribution in [3.63, 3.8) is 0 Å². The zero-order valence-electron chi connectivity index (χ0n) is 13.6. The van der Waals surface area contributed by atoms with Gasteiger partial charge in [-0.15, -0.1) is 0 Å². The lowest BCUT2D eigenvalue weighted by Crippen LogP contribution is -2.33. The maximum absolute atomic E-state index is 6.03. The van der Waals surface area contributed by atoms with E-state index in [2.05, 4.69) is 50.4 Å². The minimum absolute atomic E-state index is 0.202. The molecule has 3 nitrogen and oxygen atoms in total. The molecule has 0 bridgehead atoms. The summed E-state index contributed by atoms with van der Waals surface area (Å²) in [4.78, 5) is 0. The summed E-state index contributed by atoms with van der Waals surface area (Å²) in [7, 11) is 0. The Morgan fingerprint density at radius 2 is 1.95 bits per heavy atom. The summed E-state index contributed by atoms with van der Waals surface area (Å²) < 4.78 is 11.6. The Morgan fingerprint density at radius 1 is 1.24 bits per heavy atom. The van der Waals surface area contributed by atoms with Crippen molar-refractivity contribution in [3.05, 3.63) is 29.8 Å². The van der Waals surface area contributed by atoms with Crippen molar-refractivity contribution in [1.29, 1.82) is 0 Å². The molecule has 3 heteroatoms. The van der Waals surface area contributed by atoms with Crippen LogP contribution in [-0.2, 0) is 4.74 Å². The summed E-state index contributed by atoms with van der Waals surface area (Å²) in [6.07, 6.45) is 3.59. The number of hydrogen-bond acceptors (Lipinski definition) is 3. The van der Waals surface area contributed by atoms with Gasteiger partial charge >= 0.3 is 0 Å². The summed E-state index contributed by atoms with van der Waals surface area (Å²) in [5, 5.41) is 3.73. The van der Waals surface area contributed by atoms with Crippen LogP contribution in [0.15, 0.2) is 24.3 Å². The summed E-state index contributed by atoms with van der Waals surface area (Å²) in [6.45, 7) is 9.17. The van der Waals surface area contributed by atoms with Gasteiger partial charge in [0.1, 0.15) is 5.75 Å². The highest BCUT2D eigenvalue weighted by atomic mass is 16.5. The Labute approximate surface area is 129 Å². The molecule has 1 aromatic carbocycles. The maximum atomic E-state index is 6.03. The zero-order chi connectivity index (χ0) is 15.1. The molecule has 0 amide bonds. The van der Waals surface area contributed by atoms with Crippen LogP contribution in [0.1, 0.15) is 51.6 Å². The average Bonchev–Trinajstić information content (AvgIpc) is 2.50. The topological polar surface area (TPSA) is 30.5 Å². The number of para-hydroxylation sites is 1. The van der Waals surface area contributed by atoms with Crippen molar-refractivity contribution in [2.24, 2.45) is 5.92 Å². The van der Waals surface area contributed by atoms with E-state index in [-0.39, 0.29) is 6.10 Å². The van der Waals surface area contributed by atoms with Crippen molar-refractivity contribution in [1.82, 2.24) is 5.32 Å². The highest BCUT2D eigenvalue weighted by molar-refractivity contribution is 5.36. The van der Waals surface area contributed by atoms with E-state index in [1.807, 2.05) is 0 Å². The third-order valence-corrected chi connectivity index (χ3v) is 3.97. The molecule has 1 aliphatic heterocycles. The number of hydrogen-bond donors (Lipinski definition) is 1. The van der Waals surface area contributed by atoms with Crippen molar-refractivity contribution >= 4 is 0 Å². The zero-order valence-corrected chi connectivity index (χ0v) is 13.6. The fraction of sp³-hybridized carbons (Fsp3) is 0.667. The molecule has 1 heterocycles. The molecule has 0 aliphatic carbocycles. The molecule has 1 atom stereocenters. The van der Waals surface area contributed by atoms with Gasteiger partial charge in [-0.05, 0) is 51.6 Å². The summed E-state index contributed by atoms with van der Waals surface area (Å²) in [5.41, 5.74) is 1.30. The van der Waals surface area contributed by atoms with Gasteiger partial charge in [0.2, 0.25) is 0 Å². The Morgan fingerprint density at radius 3 is 2.62 bits per heavy atom. The van der Waals surface area contributed by atoms with Gasteiger partial charge in [0.15, 0.2) is 0 Å². The number of benzene rings is 1. The molecule has 0 aromatic heterocycles. The third kappa shape index (κ3) is 4.72. The highest BCUT2D eigenvalue weighted by Crippen LogP contribution is 2.35. The molecule has 0 spiro atoms. The van der Waals surface area contributed by atoms with Crippen LogP contribution in [0.2, 0.25) is 0 Å². The first-order valence-electron chi connectivity index (χ1n) is 8.29. The molecular weight excluding hydrogens is 262 g/mol. The molecule has 1 unspecified atom stereocenters. The molecule has 1 N–H and O–H groups in total. The lowest BCUT2D eigenvalue weighted by atomic mass is 9.86. The summed E-state index contributed by atoms with van der Waals surface area (Å²) in [5.74, 6) is 1.65. The Hall–Kier alpha value is -1.06. The highest BCUT2D eigenvalue weighted by Gasteiger charge is 2.27. The van der Waals surface area contributed by atoms with E-state index < -0.39 is 0 Å². The largest absolute Gasteiger partial charge is 0.491 e. The van der Waals surface area contributed by atoms with Gasteiger partial charge in [0.25, 0.3) is 0 Å². The second kappa shape index (κ2) is 8.40. The standard InChI is InChI=1S/C18H29NO2/c1-4-11-19-18(15-9-12-20-13-10-15)16-7-5-6-8-17(16)21-14(2)3/h5-8,14-15,18-19H,4,9-13H2,1-3H3. The van der Waals surface area contributed by atoms with Crippen molar-refractivity contribution in [2.45, 2.75) is 52.2 Å². The number of nitrogens with one attached hydrogen (secondary N) is 1. The SMILES string of the molecule is CCCNC(c1ccccc1OC(C)C)C1CCOCC1. The predicted molar refractivity (Wildman–Crippen MR) is 86.8 cm³/mol. The minimum Gasteiger partial charge on any atom is -0.491 e. The quantitative estimate of drug-likeness (QED) is 0.825. The van der Waals surface area contributed by atoms with Gasteiger partial charge < -0.3 is 14.8 Å². The summed E-state index contributed by atoms with van der Waals surface area (Å²) in [6, 6.07) is 8.84. The molecule has 0 saturated carbocycles. The molecule has 2 rings (SSSR count). The summed E-state index contributed by atoms with van der Waals surface area (Å²) >= 11 is 0. The van der Waals surface area contributed by atoms with Gasteiger partial charge in [-0.25, -0.2) is 0 Å². The predicted octanol–water partition coefficient (Wildman–Crippen LogP) is 3.94. The van der Waals surface area contributed by atoms with Crippen LogP contribution in [0, 0.1) is 5.92 Å². The lowest BCUT2D eigenvalue weighted by molar-refractivity contribution is 0.0530. The molecular formula is C18H29NO2. The van der Waals surface area contributed by atoms with E-state index in [0.29, 0.717) is 12.0 Å². The fourth-order valence-electron chi connectivity index (χ4n) is 2.98. The van der Waals surface area contributed by atoms with E-state index >= 15 is 0 Å². The van der Waals surface area contributed by atoms with Gasteiger partial charge in [0.05, 0.1) is 6.10 Å². The smallest absolute Gasteiger partial charge is 0.124 e. The van der Waals surface area contributed by atoms with Crippen LogP contribution in [-0.4, -0.2) is 25.9 Å². The Bertz CT molecular complexity index is 413. The van der Waals surface area contributed by atoms with Crippen molar-refractivity contribution in [3.8, 4) is 5.75 Å². The normalized spacial score (nSPS) is 17.9. The first kappa shape index (κ1) is 16.3. The second-order valence-corrected chi connectivity index (χ2v) is 6.09. The molecule has 1 aliphatic rings. The molecule has 1 fully saturated rings. The van der Waals surface area contributed by atoms with Gasteiger partial charge in [-0.2, -0.15) is 0 Å². The van der Waals surface area contributed by atoms with E-state index in [4.69, 9.17) is 9.47 Å². The van der Waals surface area contributed by atoms with Crippen LogP contribution in [0.25, 0.3) is 0 Å². The Balaban J connectivity index is 2.22. The number of rotatable bonds is 7. The van der Waals surface area contributed by atoms with Gasteiger partial charge in [-0.1, -0.05) is 25.1 Å². The van der Waals surface area contributed by atoms with Crippen molar-refractivity contribution < 1.29 is 9.47 Å². The molecule has 118 valence electrons. The van der Waals surface area contributed by atoms with Crippen LogP contribution in [0.3, 0.4) is 0 Å². The van der Waals surface area contributed by atoms with E-state index in [1.165, 1.54) is 5.56 Å². The van der Waals surface area contributed by atoms with Crippen LogP contribution in [0.4, 0.5) is 0 Å². The molecule has 0 radical (unpaired) electrons. The Kier molecular flexibility index (Phi) is 6.52. The minimum atomic E-state index is 0.202. The first-order chi connectivity index (χ1) is 10.2. The van der Waals surface area contributed by atoms with Crippen LogP contribution < -0.4 is 10.1 Å². The average molecular weight is 291 g/mol. The third-order valence-electron chi connectivity index (χ3n) is 3.97. The number of ether oxygens (including phenoxy) is 2. The first-order valence-corrected chi connectivity index (χ1v) is 8.29. The van der Waals surface area contributed by atoms with Crippen LogP contribution >= 0.6 is 0 Å². The van der Waals surface area contributed by atoms with E-state index in [0.717, 1.165) is 44.8 Å². The van der Waals surface area contributed by atoms with Crippen LogP contribution in [0.5, 0.6) is 5.75 Å². The van der Waals surface area contributed by atoms with Crippen molar-refractivity contribution in [2.75, 3.05) is 19.8 Å². The van der Waals surface area contributed by atoms with E-state index in [9.17, 15) is 0 Å². The van der Waals surface area contributed by atoms with Gasteiger partial charge in [-0.3, -0.25) is 0 Å². The fourth-order valence-corrected chi connectivity index (χ4v) is 2.98. The maximum Gasteiger partial charge on any atom is 0.124 e. The molecule has 1 aromatic rings. The second-order valence-electron chi connectivity index (χ2n) is 6.09. The molecule has 21 heavy (non-hydrogen) atoms. The van der Waals surface area contributed by atoms with Gasteiger partial charge in [0, 0.05) is 24.8 Å². The lowest BCUT2D eigenvalue weighted by Gasteiger charge is -2.32. The molecule has 1 saturated heterocycles.